The van der Waals surface area contributed by atoms with Gasteiger partial charge in [0.25, 0.3) is 0 Å². The number of benzene rings is 2. The molecular weight excluding hydrogens is 382 g/mol. The van der Waals surface area contributed by atoms with E-state index in [0.717, 1.165) is 10.8 Å². The van der Waals surface area contributed by atoms with Gasteiger partial charge in [0.15, 0.2) is 0 Å². The minimum atomic E-state index is -3.42. The molecule has 0 aliphatic heterocycles. The molecule has 152 valence electrons. The topological polar surface area (TPSA) is 37.4 Å². The van der Waals surface area contributed by atoms with Crippen molar-refractivity contribution >= 4 is 34.6 Å². The van der Waals surface area contributed by atoms with Crippen molar-refractivity contribution in [2.75, 3.05) is 17.1 Å². The lowest BCUT2D eigenvalue weighted by molar-refractivity contribution is 0.599. The Labute approximate surface area is 172 Å². The molecule has 0 spiro atoms. The third-order valence-corrected chi connectivity index (χ3v) is 13.3. The first-order valence-electron chi connectivity index (χ1n) is 9.96. The van der Waals surface area contributed by atoms with Crippen LogP contribution in [0, 0.1) is 11.5 Å². The molecule has 0 saturated carbocycles. The van der Waals surface area contributed by atoms with E-state index in [-0.39, 0.29) is 6.54 Å². The summed E-state index contributed by atoms with van der Waals surface area (Å²) in [5, 5.41) is 2.12. The van der Waals surface area contributed by atoms with E-state index in [1.165, 1.54) is 10.6 Å². The lowest BCUT2D eigenvalue weighted by atomic mass is 10.1. The minimum Gasteiger partial charge on any atom is -0.258 e. The van der Waals surface area contributed by atoms with Gasteiger partial charge in [0.2, 0.25) is 10.0 Å². The maximum Gasteiger partial charge on any atom is 0.233 e. The molecule has 5 heteroatoms. The minimum absolute atomic E-state index is 0.193. The molecule has 2 aromatic rings. The summed E-state index contributed by atoms with van der Waals surface area (Å²) in [6.07, 6.45) is 1.25. The van der Waals surface area contributed by atoms with E-state index in [9.17, 15) is 8.42 Å². The lowest BCUT2D eigenvalue weighted by Gasteiger charge is -2.38. The van der Waals surface area contributed by atoms with Crippen LogP contribution in [-0.2, 0) is 10.0 Å². The highest BCUT2D eigenvalue weighted by atomic mass is 32.2. The first-order chi connectivity index (χ1) is 13.0. The Kier molecular flexibility index (Phi) is 7.01. The fraction of sp³-hybridized carbons (Fsp3) is 0.478. The molecule has 3 nitrogen and oxygen atoms in total. The Morgan fingerprint density at radius 3 is 1.93 bits per heavy atom. The molecule has 0 radical (unpaired) electrons. The van der Waals surface area contributed by atoms with Crippen molar-refractivity contribution in [1.29, 1.82) is 0 Å². The number of nitrogens with zero attached hydrogens (tertiary/aromatic N) is 1. The highest BCUT2D eigenvalue weighted by Crippen LogP contribution is 2.40. The Bertz CT molecular complexity index is 963. The SMILES string of the molecule is CC(C)[Si](C#CCN(c1ccc2ccccc2c1)S(C)(=O)=O)(C(C)C)C(C)C. The van der Waals surface area contributed by atoms with Crippen LogP contribution in [0.5, 0.6) is 0 Å². The number of rotatable bonds is 6. The number of hydrogen-bond donors (Lipinski definition) is 0. The van der Waals surface area contributed by atoms with Crippen molar-refractivity contribution < 1.29 is 8.42 Å². The van der Waals surface area contributed by atoms with Gasteiger partial charge in [-0.2, -0.15) is 0 Å². The molecule has 0 atom stereocenters. The van der Waals surface area contributed by atoms with Crippen LogP contribution in [0.15, 0.2) is 42.5 Å². The third kappa shape index (κ3) is 4.61. The van der Waals surface area contributed by atoms with Crippen molar-refractivity contribution in [2.24, 2.45) is 0 Å². The Morgan fingerprint density at radius 1 is 0.893 bits per heavy atom. The van der Waals surface area contributed by atoms with Gasteiger partial charge < -0.3 is 0 Å². The molecule has 0 unspecified atom stereocenters. The van der Waals surface area contributed by atoms with Gasteiger partial charge >= 0.3 is 0 Å². The van der Waals surface area contributed by atoms with E-state index in [1.54, 1.807) is 0 Å². The Balaban J connectivity index is 2.45. The fourth-order valence-electron chi connectivity index (χ4n) is 4.43. The summed E-state index contributed by atoms with van der Waals surface area (Å²) in [5.74, 6) is 3.28. The van der Waals surface area contributed by atoms with Crippen LogP contribution in [0.25, 0.3) is 10.8 Å². The maximum atomic E-state index is 12.5. The molecule has 2 aromatic carbocycles. The predicted octanol–water partition coefficient (Wildman–Crippen LogP) is 5.83. The monoisotopic (exact) mass is 415 g/mol. The van der Waals surface area contributed by atoms with Crippen molar-refractivity contribution in [2.45, 2.75) is 58.2 Å². The van der Waals surface area contributed by atoms with Crippen molar-refractivity contribution in [3.8, 4) is 11.5 Å². The van der Waals surface area contributed by atoms with Crippen molar-refractivity contribution in [3.63, 3.8) is 0 Å². The summed E-state index contributed by atoms with van der Waals surface area (Å²) in [7, 11) is -5.30. The van der Waals surface area contributed by atoms with E-state index in [4.69, 9.17) is 0 Å². The fourth-order valence-corrected chi connectivity index (χ4v) is 10.5. The second-order valence-corrected chi connectivity index (χ2v) is 16.0. The van der Waals surface area contributed by atoms with E-state index < -0.39 is 18.1 Å². The summed E-state index contributed by atoms with van der Waals surface area (Å²) >= 11 is 0. The molecule has 0 fully saturated rings. The number of fused-ring (bicyclic) bond motifs is 1. The zero-order valence-corrected chi connectivity index (χ0v) is 20.0. The van der Waals surface area contributed by atoms with Gasteiger partial charge in [-0.3, -0.25) is 4.31 Å². The predicted molar refractivity (Wildman–Crippen MR) is 125 cm³/mol. The molecule has 28 heavy (non-hydrogen) atoms. The second-order valence-electron chi connectivity index (χ2n) is 8.50. The van der Waals surface area contributed by atoms with Gasteiger partial charge in [0, 0.05) is 0 Å². The number of hydrogen-bond acceptors (Lipinski definition) is 2. The standard InChI is InChI=1S/C23H33NO2SSi/c1-18(2)28(19(3)4,20(5)6)16-10-15-24(27(7,25)26)23-14-13-21-11-8-9-12-22(21)17-23/h8-9,11-14,17-20H,15H2,1-7H3. The summed E-state index contributed by atoms with van der Waals surface area (Å²) in [6, 6.07) is 13.7. The first-order valence-corrected chi connectivity index (χ1v) is 14.0. The quantitative estimate of drug-likeness (QED) is 0.440. The smallest absolute Gasteiger partial charge is 0.233 e. The normalized spacial score (nSPS) is 12.5. The van der Waals surface area contributed by atoms with Crippen LogP contribution in [0.1, 0.15) is 41.5 Å². The van der Waals surface area contributed by atoms with Gasteiger partial charge in [-0.25, -0.2) is 8.42 Å². The molecule has 0 bridgehead atoms. The van der Waals surface area contributed by atoms with E-state index >= 15 is 0 Å². The first kappa shape index (κ1) is 22.5. The summed E-state index contributed by atoms with van der Waals surface area (Å²) in [4.78, 5) is 0. The van der Waals surface area contributed by atoms with Gasteiger partial charge in [-0.1, -0.05) is 77.8 Å². The van der Waals surface area contributed by atoms with Gasteiger partial charge in [-0.05, 0) is 39.5 Å². The number of anilines is 1. The molecule has 0 aliphatic rings. The molecule has 0 amide bonds. The van der Waals surface area contributed by atoms with Crippen LogP contribution >= 0.6 is 0 Å². The zero-order chi connectivity index (χ0) is 21.1. The average Bonchev–Trinajstić information content (AvgIpc) is 2.59. The third-order valence-electron chi connectivity index (χ3n) is 5.81. The average molecular weight is 416 g/mol. The Morgan fingerprint density at radius 2 is 1.43 bits per heavy atom. The van der Waals surface area contributed by atoms with Crippen LogP contribution in [0.2, 0.25) is 16.6 Å². The Hall–Kier alpha value is -1.77. The van der Waals surface area contributed by atoms with Crippen molar-refractivity contribution in [3.05, 3.63) is 42.5 Å². The van der Waals surface area contributed by atoms with Gasteiger partial charge in [0.05, 0.1) is 18.5 Å². The van der Waals surface area contributed by atoms with Gasteiger partial charge in [-0.15, -0.1) is 5.54 Å². The van der Waals surface area contributed by atoms with Gasteiger partial charge in [0.1, 0.15) is 8.07 Å². The molecule has 0 heterocycles. The number of sulfonamides is 1. The van der Waals surface area contributed by atoms with Crippen LogP contribution in [0.4, 0.5) is 5.69 Å². The zero-order valence-electron chi connectivity index (χ0n) is 18.2. The second kappa shape index (κ2) is 8.71. The molecule has 0 aliphatic carbocycles. The highest BCUT2D eigenvalue weighted by molar-refractivity contribution is 7.92. The highest BCUT2D eigenvalue weighted by Gasteiger charge is 2.41. The summed E-state index contributed by atoms with van der Waals surface area (Å²) in [6.45, 7) is 13.8. The lowest BCUT2D eigenvalue weighted by Crippen LogP contribution is -2.43. The largest absolute Gasteiger partial charge is 0.258 e. The molecular formula is C23H33NO2SSi. The maximum absolute atomic E-state index is 12.5. The van der Waals surface area contributed by atoms with Crippen molar-refractivity contribution in [1.82, 2.24) is 0 Å². The van der Waals surface area contributed by atoms with Crippen LogP contribution in [-0.4, -0.2) is 29.3 Å². The van der Waals surface area contributed by atoms with Crippen LogP contribution in [0.3, 0.4) is 0 Å². The van der Waals surface area contributed by atoms with E-state index in [1.807, 2.05) is 42.5 Å². The molecule has 0 saturated heterocycles. The van der Waals surface area contributed by atoms with E-state index in [0.29, 0.717) is 22.3 Å². The summed E-state index contributed by atoms with van der Waals surface area (Å²) in [5.41, 5.74) is 5.85. The molecule has 0 N–H and O–H groups in total. The molecule has 0 aromatic heterocycles. The van der Waals surface area contributed by atoms with Crippen LogP contribution < -0.4 is 4.31 Å². The summed E-state index contributed by atoms with van der Waals surface area (Å²) < 4.78 is 26.4. The molecule has 2 rings (SSSR count). The van der Waals surface area contributed by atoms with E-state index in [2.05, 4.69) is 53.0 Å².